The summed E-state index contributed by atoms with van der Waals surface area (Å²) in [6.45, 7) is 2.27. The van der Waals surface area contributed by atoms with Gasteiger partial charge in [-0.05, 0) is 48.2 Å². The fraction of sp³-hybridized carbons (Fsp3) is 0.786. The number of aromatic nitrogens is 2. The first-order valence-corrected chi connectivity index (χ1v) is 7.99. The molecular formula is C14H22BrN3. The minimum absolute atomic E-state index is 0.626. The van der Waals surface area contributed by atoms with Crippen LogP contribution in [0.25, 0.3) is 0 Å². The van der Waals surface area contributed by atoms with Gasteiger partial charge in [-0.3, -0.25) is 4.68 Å². The third kappa shape index (κ3) is 2.25. The van der Waals surface area contributed by atoms with Crippen molar-refractivity contribution in [2.75, 3.05) is 13.1 Å². The Morgan fingerprint density at radius 2 is 1.89 bits per heavy atom. The number of nitrogens with zero attached hydrogens (tertiary/aromatic N) is 2. The van der Waals surface area contributed by atoms with Crippen LogP contribution in [-0.2, 0) is 7.05 Å². The van der Waals surface area contributed by atoms with E-state index >= 15 is 0 Å². The Bertz CT molecular complexity index is 415. The number of aryl methyl sites for hydroxylation is 1. The monoisotopic (exact) mass is 311 g/mol. The quantitative estimate of drug-likeness (QED) is 0.908. The van der Waals surface area contributed by atoms with Crippen molar-refractivity contribution in [2.45, 2.75) is 50.4 Å². The fourth-order valence-electron chi connectivity index (χ4n) is 3.52. The molecule has 1 aromatic heterocycles. The molecule has 1 aliphatic carbocycles. The first-order valence-electron chi connectivity index (χ1n) is 7.20. The molecule has 1 aromatic rings. The highest BCUT2D eigenvalue weighted by Crippen LogP contribution is 2.40. The van der Waals surface area contributed by atoms with Gasteiger partial charge in [0.25, 0.3) is 0 Å². The van der Waals surface area contributed by atoms with Crippen molar-refractivity contribution in [1.82, 2.24) is 15.1 Å². The normalized spacial score (nSPS) is 25.8. The molecule has 2 fully saturated rings. The molecule has 1 saturated carbocycles. The summed E-state index contributed by atoms with van der Waals surface area (Å²) >= 11 is 3.84. The van der Waals surface area contributed by atoms with Crippen molar-refractivity contribution in [3.8, 4) is 0 Å². The Hall–Kier alpha value is -0.350. The summed E-state index contributed by atoms with van der Waals surface area (Å²) in [5, 5.41) is 8.31. The van der Waals surface area contributed by atoms with E-state index in [9.17, 15) is 0 Å². The minimum atomic E-state index is 0.626. The van der Waals surface area contributed by atoms with Crippen molar-refractivity contribution < 1.29 is 0 Å². The van der Waals surface area contributed by atoms with E-state index in [2.05, 4.69) is 33.0 Å². The third-order valence-corrected chi connectivity index (χ3v) is 5.29. The van der Waals surface area contributed by atoms with Crippen molar-refractivity contribution in [3.05, 3.63) is 15.9 Å². The van der Waals surface area contributed by atoms with Gasteiger partial charge in [0, 0.05) is 25.4 Å². The Kier molecular flexibility index (Phi) is 3.76. The number of hydrogen-bond acceptors (Lipinski definition) is 2. The molecule has 3 rings (SSSR count). The van der Waals surface area contributed by atoms with Crippen LogP contribution in [0.2, 0.25) is 0 Å². The molecule has 3 nitrogen and oxygen atoms in total. The molecule has 100 valence electrons. The second-order valence-corrected chi connectivity index (χ2v) is 6.53. The topological polar surface area (TPSA) is 29.9 Å². The smallest absolute Gasteiger partial charge is 0.0800 e. The lowest BCUT2D eigenvalue weighted by atomic mass is 9.94. The molecule has 0 spiro atoms. The van der Waals surface area contributed by atoms with Gasteiger partial charge < -0.3 is 5.32 Å². The van der Waals surface area contributed by atoms with Crippen LogP contribution in [0.3, 0.4) is 0 Å². The molecular weight excluding hydrogens is 290 g/mol. The average molecular weight is 312 g/mol. The van der Waals surface area contributed by atoms with E-state index in [0.717, 1.165) is 6.54 Å². The number of hydrogen-bond donors (Lipinski definition) is 1. The van der Waals surface area contributed by atoms with Crippen molar-refractivity contribution in [3.63, 3.8) is 0 Å². The maximum absolute atomic E-state index is 4.81. The first-order chi connectivity index (χ1) is 8.77. The maximum atomic E-state index is 4.81. The number of piperidine rings is 1. The largest absolute Gasteiger partial charge is 0.316 e. The van der Waals surface area contributed by atoms with Gasteiger partial charge in [-0.2, -0.15) is 5.10 Å². The van der Waals surface area contributed by atoms with E-state index in [0.29, 0.717) is 11.8 Å². The van der Waals surface area contributed by atoms with Gasteiger partial charge in [0.05, 0.1) is 15.9 Å². The third-order valence-electron chi connectivity index (χ3n) is 4.48. The van der Waals surface area contributed by atoms with Gasteiger partial charge in [-0.15, -0.1) is 0 Å². The predicted octanol–water partition coefficient (Wildman–Crippen LogP) is 3.31. The zero-order chi connectivity index (χ0) is 12.5. The molecule has 0 amide bonds. The highest BCUT2D eigenvalue weighted by molar-refractivity contribution is 9.10. The van der Waals surface area contributed by atoms with Gasteiger partial charge >= 0.3 is 0 Å². The summed E-state index contributed by atoms with van der Waals surface area (Å²) in [7, 11) is 2.10. The number of rotatable bonds is 2. The molecule has 1 saturated heterocycles. The van der Waals surface area contributed by atoms with Crippen molar-refractivity contribution in [1.29, 1.82) is 0 Å². The molecule has 1 aliphatic heterocycles. The van der Waals surface area contributed by atoms with E-state index in [4.69, 9.17) is 5.10 Å². The van der Waals surface area contributed by atoms with E-state index in [1.54, 1.807) is 0 Å². The lowest BCUT2D eigenvalue weighted by molar-refractivity contribution is 0.440. The van der Waals surface area contributed by atoms with Crippen LogP contribution >= 0.6 is 15.9 Å². The molecule has 0 aromatic carbocycles. The molecule has 4 heteroatoms. The van der Waals surface area contributed by atoms with Crippen LogP contribution < -0.4 is 5.32 Å². The second-order valence-electron chi connectivity index (χ2n) is 5.73. The summed E-state index contributed by atoms with van der Waals surface area (Å²) in [5.41, 5.74) is 2.72. The van der Waals surface area contributed by atoms with Crippen LogP contribution in [0.4, 0.5) is 0 Å². The Morgan fingerprint density at radius 1 is 1.17 bits per heavy atom. The van der Waals surface area contributed by atoms with Crippen LogP contribution in [0, 0.1) is 0 Å². The molecule has 1 N–H and O–H groups in total. The second kappa shape index (κ2) is 5.33. The van der Waals surface area contributed by atoms with Gasteiger partial charge in [0.2, 0.25) is 0 Å². The molecule has 0 bridgehead atoms. The Morgan fingerprint density at radius 3 is 2.56 bits per heavy atom. The maximum Gasteiger partial charge on any atom is 0.0800 e. The summed E-state index contributed by atoms with van der Waals surface area (Å²) in [5.74, 6) is 1.32. The van der Waals surface area contributed by atoms with E-state index in [-0.39, 0.29) is 0 Å². The van der Waals surface area contributed by atoms with Crippen molar-refractivity contribution >= 4 is 15.9 Å². The highest BCUT2D eigenvalue weighted by Gasteiger charge is 2.28. The van der Waals surface area contributed by atoms with Gasteiger partial charge in [0.1, 0.15) is 0 Å². The number of nitrogens with one attached hydrogen (secondary N) is 1. The fourth-order valence-corrected chi connectivity index (χ4v) is 4.50. The average Bonchev–Trinajstić information content (AvgIpc) is 2.99. The van der Waals surface area contributed by atoms with Crippen LogP contribution in [0.5, 0.6) is 0 Å². The highest BCUT2D eigenvalue weighted by atomic mass is 79.9. The summed E-state index contributed by atoms with van der Waals surface area (Å²) in [4.78, 5) is 0. The predicted molar refractivity (Wildman–Crippen MR) is 77.0 cm³/mol. The minimum Gasteiger partial charge on any atom is -0.316 e. The van der Waals surface area contributed by atoms with E-state index < -0.39 is 0 Å². The van der Waals surface area contributed by atoms with Crippen LogP contribution in [-0.4, -0.2) is 22.9 Å². The van der Waals surface area contributed by atoms with Crippen LogP contribution in [0.1, 0.15) is 61.7 Å². The zero-order valence-corrected chi connectivity index (χ0v) is 12.7. The molecule has 2 aliphatic rings. The molecule has 0 radical (unpaired) electrons. The number of halogens is 1. The van der Waals surface area contributed by atoms with Gasteiger partial charge in [-0.1, -0.05) is 12.8 Å². The molecule has 2 heterocycles. The molecule has 1 atom stereocenters. The SMILES string of the molecule is Cn1nc(C2CCCC2)c(Br)c1C1CCCNC1. The Labute approximate surface area is 117 Å². The summed E-state index contributed by atoms with van der Waals surface area (Å²) in [6.07, 6.45) is 7.94. The van der Waals surface area contributed by atoms with E-state index in [1.165, 1.54) is 60.9 Å². The molecule has 1 unspecified atom stereocenters. The summed E-state index contributed by atoms with van der Waals surface area (Å²) < 4.78 is 3.42. The standard InChI is InChI=1S/C14H22BrN3/c1-18-14(11-7-4-8-16-9-11)12(15)13(17-18)10-5-2-3-6-10/h10-11,16H,2-9H2,1H3. The Balaban J connectivity index is 1.89. The van der Waals surface area contributed by atoms with E-state index in [1.807, 2.05) is 0 Å². The first kappa shape index (κ1) is 12.7. The zero-order valence-electron chi connectivity index (χ0n) is 11.1. The lowest BCUT2D eigenvalue weighted by Gasteiger charge is -2.23. The van der Waals surface area contributed by atoms with Crippen LogP contribution in [0.15, 0.2) is 4.47 Å². The summed E-state index contributed by atoms with van der Waals surface area (Å²) in [6, 6.07) is 0. The van der Waals surface area contributed by atoms with Gasteiger partial charge in [-0.25, -0.2) is 0 Å². The molecule has 18 heavy (non-hydrogen) atoms. The van der Waals surface area contributed by atoms with Crippen molar-refractivity contribution in [2.24, 2.45) is 7.05 Å². The lowest BCUT2D eigenvalue weighted by Crippen LogP contribution is -2.29. The van der Waals surface area contributed by atoms with Gasteiger partial charge in [0.15, 0.2) is 0 Å².